The van der Waals surface area contributed by atoms with Crippen molar-refractivity contribution in [1.82, 2.24) is 15.5 Å². The van der Waals surface area contributed by atoms with Crippen LogP contribution in [0.3, 0.4) is 0 Å². The van der Waals surface area contributed by atoms with Crippen molar-refractivity contribution in [2.24, 2.45) is 0 Å². The highest BCUT2D eigenvalue weighted by Crippen LogP contribution is 2.11. The zero-order valence-electron chi connectivity index (χ0n) is 15.7. The Morgan fingerprint density at radius 1 is 1.00 bits per heavy atom. The van der Waals surface area contributed by atoms with Crippen molar-refractivity contribution < 1.29 is 23.9 Å². The first-order valence-corrected chi connectivity index (χ1v) is 9.18. The molecule has 1 fully saturated rings. The second kappa shape index (κ2) is 9.50. The van der Waals surface area contributed by atoms with Crippen molar-refractivity contribution in [3.8, 4) is 0 Å². The third-order valence-electron chi connectivity index (χ3n) is 4.38. The summed E-state index contributed by atoms with van der Waals surface area (Å²) in [4.78, 5) is 48.1. The average molecular weight is 395 g/mol. The van der Waals surface area contributed by atoms with E-state index in [9.17, 15) is 19.2 Å². The summed E-state index contributed by atoms with van der Waals surface area (Å²) in [5.74, 6) is -1.29. The highest BCUT2D eigenvalue weighted by Gasteiger charge is 2.28. The highest BCUT2D eigenvalue weighted by molar-refractivity contribution is 6.01. The molecule has 0 unspecified atom stereocenters. The number of urea groups is 1. The van der Waals surface area contributed by atoms with Gasteiger partial charge in [-0.3, -0.25) is 14.5 Å². The van der Waals surface area contributed by atoms with Crippen LogP contribution in [0.2, 0.25) is 0 Å². The number of carbonyl (C=O) groups excluding carboxylic acids is 4. The van der Waals surface area contributed by atoms with Gasteiger partial charge < -0.3 is 15.4 Å². The summed E-state index contributed by atoms with van der Waals surface area (Å²) < 4.78 is 5.02. The van der Waals surface area contributed by atoms with Gasteiger partial charge in [-0.15, -0.1) is 0 Å². The third kappa shape index (κ3) is 5.65. The van der Waals surface area contributed by atoms with E-state index in [1.54, 1.807) is 12.1 Å². The zero-order valence-corrected chi connectivity index (χ0v) is 15.7. The number of carbonyl (C=O) groups is 4. The Morgan fingerprint density at radius 3 is 2.38 bits per heavy atom. The normalized spacial score (nSPS) is 13.2. The number of benzene rings is 2. The molecule has 1 heterocycles. The maximum atomic E-state index is 12.1. The van der Waals surface area contributed by atoms with Gasteiger partial charge in [0.25, 0.3) is 5.91 Å². The number of amides is 4. The number of hydrogen-bond donors (Lipinski definition) is 2. The maximum Gasteiger partial charge on any atom is 0.338 e. The van der Waals surface area contributed by atoms with Crippen LogP contribution in [0, 0.1) is 0 Å². The fourth-order valence-electron chi connectivity index (χ4n) is 2.80. The molecule has 1 aliphatic rings. The average Bonchev–Trinajstić information content (AvgIpc) is 3.05. The van der Waals surface area contributed by atoms with Crippen molar-refractivity contribution in [2.75, 3.05) is 19.7 Å². The molecule has 0 radical (unpaired) electrons. The summed E-state index contributed by atoms with van der Waals surface area (Å²) in [5, 5.41) is 5.15. The molecule has 2 aromatic rings. The number of imide groups is 1. The number of hydrogen-bond acceptors (Lipinski definition) is 5. The summed E-state index contributed by atoms with van der Waals surface area (Å²) in [7, 11) is 0. The van der Waals surface area contributed by atoms with E-state index in [1.807, 2.05) is 30.3 Å². The monoisotopic (exact) mass is 395 g/mol. The van der Waals surface area contributed by atoms with E-state index in [0.29, 0.717) is 18.5 Å². The lowest BCUT2D eigenvalue weighted by Gasteiger charge is -2.12. The topological polar surface area (TPSA) is 105 Å². The van der Waals surface area contributed by atoms with Gasteiger partial charge in [-0.05, 0) is 29.7 Å². The molecule has 0 aliphatic carbocycles. The summed E-state index contributed by atoms with van der Waals surface area (Å²) in [6.45, 7) is 0.218. The van der Waals surface area contributed by atoms with Crippen molar-refractivity contribution in [3.05, 3.63) is 71.3 Å². The fraction of sp³-hybridized carbons (Fsp3) is 0.238. The van der Waals surface area contributed by atoms with Crippen LogP contribution in [0.25, 0.3) is 0 Å². The predicted molar refractivity (Wildman–Crippen MR) is 104 cm³/mol. The fourth-order valence-corrected chi connectivity index (χ4v) is 2.80. The van der Waals surface area contributed by atoms with Crippen LogP contribution in [-0.4, -0.2) is 48.4 Å². The van der Waals surface area contributed by atoms with Crippen LogP contribution < -0.4 is 10.6 Å². The van der Waals surface area contributed by atoms with E-state index in [2.05, 4.69) is 10.6 Å². The zero-order chi connectivity index (χ0) is 20.6. The van der Waals surface area contributed by atoms with Crippen molar-refractivity contribution in [1.29, 1.82) is 0 Å². The van der Waals surface area contributed by atoms with E-state index in [1.165, 1.54) is 12.1 Å². The second-order valence-corrected chi connectivity index (χ2v) is 6.50. The quantitative estimate of drug-likeness (QED) is 0.517. The lowest BCUT2D eigenvalue weighted by atomic mass is 10.1. The minimum Gasteiger partial charge on any atom is -0.452 e. The maximum absolute atomic E-state index is 12.1. The first kappa shape index (κ1) is 20.1. The van der Waals surface area contributed by atoms with Crippen molar-refractivity contribution >= 4 is 23.8 Å². The molecule has 1 saturated heterocycles. The van der Waals surface area contributed by atoms with E-state index < -0.39 is 12.0 Å². The van der Waals surface area contributed by atoms with Crippen LogP contribution in [0.15, 0.2) is 54.6 Å². The molecule has 1 aliphatic heterocycles. The Kier molecular flexibility index (Phi) is 6.57. The minimum atomic E-state index is -0.621. The van der Waals surface area contributed by atoms with Gasteiger partial charge in [0.2, 0.25) is 5.91 Å². The first-order chi connectivity index (χ1) is 14.0. The number of rotatable bonds is 8. The van der Waals surface area contributed by atoms with Gasteiger partial charge >= 0.3 is 12.0 Å². The molecule has 0 bridgehead atoms. The van der Waals surface area contributed by atoms with Crippen LogP contribution in [0.5, 0.6) is 0 Å². The van der Waals surface area contributed by atoms with Crippen LogP contribution >= 0.6 is 0 Å². The van der Waals surface area contributed by atoms with Crippen molar-refractivity contribution in [2.45, 2.75) is 13.0 Å². The molecular weight excluding hydrogens is 374 g/mol. The summed E-state index contributed by atoms with van der Waals surface area (Å²) in [5.41, 5.74) is 2.09. The van der Waals surface area contributed by atoms with E-state index in [4.69, 9.17) is 4.74 Å². The Morgan fingerprint density at radius 2 is 1.72 bits per heavy atom. The van der Waals surface area contributed by atoms with Crippen LogP contribution in [0.4, 0.5) is 4.79 Å². The van der Waals surface area contributed by atoms with Gasteiger partial charge in [-0.2, -0.15) is 0 Å². The molecule has 2 N–H and O–H groups in total. The van der Waals surface area contributed by atoms with Gasteiger partial charge in [-0.25, -0.2) is 9.59 Å². The van der Waals surface area contributed by atoms with Crippen molar-refractivity contribution in [3.63, 3.8) is 0 Å². The summed E-state index contributed by atoms with van der Waals surface area (Å²) in [6.07, 6.45) is 0.694. The molecule has 0 spiro atoms. The van der Waals surface area contributed by atoms with Crippen LogP contribution in [-0.2, 0) is 27.3 Å². The molecule has 8 heteroatoms. The van der Waals surface area contributed by atoms with E-state index >= 15 is 0 Å². The standard InChI is InChI=1S/C21H21N3O5/c25-18(22-11-10-15-4-2-1-3-5-15)14-29-20(27)17-8-6-16(7-9-17)13-24-19(26)12-23-21(24)28/h1-9H,10-14H2,(H,22,25)(H,23,28). The molecule has 0 aromatic heterocycles. The number of nitrogens with zero attached hydrogens (tertiary/aromatic N) is 1. The molecule has 2 aromatic carbocycles. The Labute approximate surface area is 167 Å². The largest absolute Gasteiger partial charge is 0.452 e. The summed E-state index contributed by atoms with van der Waals surface area (Å²) in [6, 6.07) is 15.6. The Hall–Kier alpha value is -3.68. The van der Waals surface area contributed by atoms with Gasteiger partial charge in [0.05, 0.1) is 18.7 Å². The Bertz CT molecular complexity index is 880. The number of esters is 1. The van der Waals surface area contributed by atoms with Gasteiger partial charge in [0, 0.05) is 6.54 Å². The number of ether oxygens (including phenoxy) is 1. The molecule has 150 valence electrons. The molecule has 0 saturated carbocycles. The smallest absolute Gasteiger partial charge is 0.338 e. The van der Waals surface area contributed by atoms with E-state index in [-0.39, 0.29) is 37.1 Å². The lowest BCUT2D eigenvalue weighted by molar-refractivity contribution is -0.125. The molecule has 29 heavy (non-hydrogen) atoms. The molecule has 4 amide bonds. The predicted octanol–water partition coefficient (Wildman–Crippen LogP) is 1.25. The number of nitrogens with one attached hydrogen (secondary N) is 2. The van der Waals surface area contributed by atoms with Gasteiger partial charge in [0.15, 0.2) is 6.61 Å². The third-order valence-corrected chi connectivity index (χ3v) is 4.38. The van der Waals surface area contributed by atoms with Gasteiger partial charge in [-0.1, -0.05) is 42.5 Å². The lowest BCUT2D eigenvalue weighted by Crippen LogP contribution is -2.30. The van der Waals surface area contributed by atoms with Crippen LogP contribution in [0.1, 0.15) is 21.5 Å². The molecule has 0 atom stereocenters. The minimum absolute atomic E-state index is 0.00332. The van der Waals surface area contributed by atoms with E-state index in [0.717, 1.165) is 10.5 Å². The molecule has 3 rings (SSSR count). The second-order valence-electron chi connectivity index (χ2n) is 6.50. The Balaban J connectivity index is 1.41. The molecular formula is C21H21N3O5. The summed E-state index contributed by atoms with van der Waals surface area (Å²) >= 11 is 0. The highest BCUT2D eigenvalue weighted by atomic mass is 16.5. The molecule has 8 nitrogen and oxygen atoms in total. The van der Waals surface area contributed by atoms with Gasteiger partial charge in [0.1, 0.15) is 0 Å². The first-order valence-electron chi connectivity index (χ1n) is 9.18. The SMILES string of the molecule is O=C(COC(=O)c1ccc(CN2C(=O)CNC2=O)cc1)NCCc1ccccc1.